The molecule has 0 radical (unpaired) electrons. The summed E-state index contributed by atoms with van der Waals surface area (Å²) < 4.78 is 6.94. The fourth-order valence-electron chi connectivity index (χ4n) is 20.8. The SMILES string of the molecule is Brc1ccc(-c2ccc3c(c2)c2cc(-c4ccc5c(c4)c4cc(-c6ccc(Br)cc6)ccc4n5-c4ccccc4)ccc2n3-c2ccccc2)cc1.CCCCCCCCC1(CCCCCCCC)c2ccccc2-c2ccc(Nc3ccc(-c4ccc(Nc5ccc6c(c5)C(CCCCCCCC)(CCCCCCCC)c5ccccc5-6)cc4)cc3)cc21. The molecule has 0 saturated heterocycles. The van der Waals surface area contributed by atoms with Gasteiger partial charge in [-0.1, -0.05) is 384 Å². The molecular weight excluding hydrogens is 1630 g/mol. The molecule has 2 heterocycles. The van der Waals surface area contributed by atoms with Gasteiger partial charge in [0, 0.05) is 75.4 Å². The molecule has 0 amide bonds. The summed E-state index contributed by atoms with van der Waals surface area (Å²) in [5.74, 6) is 0. The van der Waals surface area contributed by atoms with Gasteiger partial charge in [0.2, 0.25) is 0 Å². The van der Waals surface area contributed by atoms with Crippen LogP contribution in [-0.2, 0) is 10.8 Å². The van der Waals surface area contributed by atoms with Crippen molar-refractivity contribution in [2.75, 3.05) is 10.6 Å². The van der Waals surface area contributed by atoms with Gasteiger partial charge in [-0.15, -0.1) is 0 Å². The topological polar surface area (TPSA) is 33.9 Å². The van der Waals surface area contributed by atoms with Gasteiger partial charge in [-0.25, -0.2) is 0 Å². The lowest BCUT2D eigenvalue weighted by Gasteiger charge is -2.33. The number of fused-ring (bicyclic) bond motifs is 12. The number of para-hydroxylation sites is 2. The molecule has 124 heavy (non-hydrogen) atoms. The van der Waals surface area contributed by atoms with Gasteiger partial charge in [0.25, 0.3) is 0 Å². The minimum Gasteiger partial charge on any atom is -0.356 e. The minimum absolute atomic E-state index is 0.0848. The van der Waals surface area contributed by atoms with Crippen LogP contribution in [-0.4, -0.2) is 9.13 Å². The lowest BCUT2D eigenvalue weighted by Crippen LogP contribution is -2.25. The molecule has 16 aromatic rings. The van der Waals surface area contributed by atoms with Crippen LogP contribution in [0.2, 0.25) is 0 Å². The molecule has 2 aliphatic carbocycles. The molecule has 0 bridgehead atoms. The molecule has 2 aliphatic rings. The van der Waals surface area contributed by atoms with Crippen molar-refractivity contribution >= 4 is 98.2 Å². The summed E-state index contributed by atoms with van der Waals surface area (Å²) in [4.78, 5) is 0. The quantitative estimate of drug-likeness (QED) is 0.0378. The molecule has 0 spiro atoms. The first-order chi connectivity index (χ1) is 61.1. The Bertz CT molecular complexity index is 5840. The second kappa shape index (κ2) is 40.5. The van der Waals surface area contributed by atoms with E-state index in [0.29, 0.717) is 0 Å². The van der Waals surface area contributed by atoms with E-state index in [0.717, 1.165) is 31.7 Å². The first-order valence-corrected chi connectivity index (χ1v) is 48.7. The third-order valence-electron chi connectivity index (χ3n) is 27.3. The molecular formula is C118H122Br2N4. The van der Waals surface area contributed by atoms with E-state index in [2.05, 4.69) is 395 Å². The fourth-order valence-corrected chi connectivity index (χ4v) is 21.3. The van der Waals surface area contributed by atoms with Gasteiger partial charge < -0.3 is 19.8 Å². The summed E-state index contributed by atoms with van der Waals surface area (Å²) in [5.41, 5.74) is 33.6. The Hall–Kier alpha value is -10.8. The lowest BCUT2D eigenvalue weighted by molar-refractivity contribution is 0.398. The Kier molecular flexibility index (Phi) is 27.9. The number of hydrogen-bond acceptors (Lipinski definition) is 2. The fraction of sp³-hybridized carbons (Fsp3) is 0.288. The predicted molar refractivity (Wildman–Crippen MR) is 543 cm³/mol. The van der Waals surface area contributed by atoms with Crippen LogP contribution >= 0.6 is 31.9 Å². The number of nitrogens with zero attached hydrogens (tertiary/aromatic N) is 2. The van der Waals surface area contributed by atoms with Crippen LogP contribution in [0.5, 0.6) is 0 Å². The number of benzene rings is 14. The van der Waals surface area contributed by atoms with Crippen LogP contribution in [0.1, 0.15) is 230 Å². The van der Waals surface area contributed by atoms with Gasteiger partial charge >= 0.3 is 0 Å². The van der Waals surface area contributed by atoms with Crippen molar-refractivity contribution in [2.45, 2.75) is 218 Å². The van der Waals surface area contributed by atoms with E-state index in [-0.39, 0.29) is 10.8 Å². The zero-order valence-electron chi connectivity index (χ0n) is 73.5. The third-order valence-corrected chi connectivity index (χ3v) is 28.3. The first kappa shape index (κ1) is 85.4. The van der Waals surface area contributed by atoms with Crippen molar-refractivity contribution in [1.29, 1.82) is 0 Å². The van der Waals surface area contributed by atoms with Crippen LogP contribution < -0.4 is 10.6 Å². The van der Waals surface area contributed by atoms with Crippen LogP contribution in [0.4, 0.5) is 22.7 Å². The number of aromatic nitrogens is 2. The van der Waals surface area contributed by atoms with Gasteiger partial charge in [-0.3, -0.25) is 0 Å². The maximum Gasteiger partial charge on any atom is 0.0541 e. The Morgan fingerprint density at radius 3 is 0.790 bits per heavy atom. The molecule has 0 atom stereocenters. The van der Waals surface area contributed by atoms with Gasteiger partial charge in [-0.05, 0) is 260 Å². The van der Waals surface area contributed by atoms with Gasteiger partial charge in [0.15, 0.2) is 0 Å². The zero-order valence-corrected chi connectivity index (χ0v) is 76.6. The van der Waals surface area contributed by atoms with Crippen LogP contribution in [0.3, 0.4) is 0 Å². The van der Waals surface area contributed by atoms with Gasteiger partial charge in [0.05, 0.1) is 22.1 Å². The largest absolute Gasteiger partial charge is 0.356 e. The molecule has 18 rings (SSSR count). The molecule has 0 saturated carbocycles. The second-order valence-electron chi connectivity index (χ2n) is 35.5. The number of nitrogens with one attached hydrogen (secondary N) is 2. The Morgan fingerprint density at radius 1 is 0.218 bits per heavy atom. The summed E-state index contributed by atoms with van der Waals surface area (Å²) in [6.07, 6.45) is 37.1. The van der Waals surface area contributed by atoms with Crippen LogP contribution in [0.15, 0.2) is 324 Å². The highest BCUT2D eigenvalue weighted by Gasteiger charge is 2.44. The van der Waals surface area contributed by atoms with Crippen molar-refractivity contribution in [1.82, 2.24) is 9.13 Å². The normalized spacial score (nSPS) is 12.8. The molecule has 628 valence electrons. The Balaban J connectivity index is 0.000000184. The molecule has 0 aliphatic heterocycles. The molecule has 2 aromatic heterocycles. The number of unbranched alkanes of at least 4 members (excludes halogenated alkanes) is 20. The van der Waals surface area contributed by atoms with Gasteiger partial charge in [-0.2, -0.15) is 0 Å². The average Bonchev–Trinajstić information content (AvgIpc) is 1.56. The van der Waals surface area contributed by atoms with Crippen LogP contribution in [0.25, 0.3) is 122 Å². The number of anilines is 4. The van der Waals surface area contributed by atoms with E-state index in [9.17, 15) is 0 Å². The highest BCUT2D eigenvalue weighted by atomic mass is 79.9. The van der Waals surface area contributed by atoms with E-state index in [1.807, 2.05) is 0 Å². The third kappa shape index (κ3) is 18.6. The van der Waals surface area contributed by atoms with Gasteiger partial charge in [0.1, 0.15) is 0 Å². The van der Waals surface area contributed by atoms with Crippen molar-refractivity contribution < 1.29 is 0 Å². The first-order valence-electron chi connectivity index (χ1n) is 47.2. The van der Waals surface area contributed by atoms with Crippen molar-refractivity contribution in [3.8, 4) is 78.1 Å². The van der Waals surface area contributed by atoms with E-state index in [1.165, 1.54) is 302 Å². The van der Waals surface area contributed by atoms with E-state index < -0.39 is 0 Å². The highest BCUT2D eigenvalue weighted by Crippen LogP contribution is 2.57. The molecule has 6 heteroatoms. The predicted octanol–water partition coefficient (Wildman–Crippen LogP) is 36.8. The standard InChI is InChI=1S/C70H92N2.C48H30Br2N2/c1-5-9-13-17-21-29-49-69(50-30-22-18-14-10-6-2)65-35-27-25-33-61(65)63-47-45-59(53-67(63)69)71-57-41-37-55(38-42-57)56-39-43-58(44-40-56)72-60-46-48-64-62-34-26-28-36-66(62)70(68(64)54-60,51-31-23-19-15-11-7-3)52-32-24-20-16-12-8-4;49-37-19-11-31(12-20-37)33-15-23-45-41(27-33)43-29-35(17-25-47(43)51(45)39-7-3-1-4-8-39)36-18-26-48-44(30-36)42-28-34(32-13-21-38(50)22-14-32)16-24-46(42)52(48)40-9-5-2-6-10-40/h25-28,33-48,53-54,71-72H,5-24,29-32,49-52H2,1-4H3;1-30H. The van der Waals surface area contributed by atoms with E-state index in [4.69, 9.17) is 0 Å². The summed E-state index contributed by atoms with van der Waals surface area (Å²) in [6.45, 7) is 9.29. The molecule has 0 fully saturated rings. The minimum atomic E-state index is 0.0848. The molecule has 14 aromatic carbocycles. The second-order valence-corrected chi connectivity index (χ2v) is 37.4. The number of halogens is 2. The zero-order chi connectivity index (χ0) is 84.6. The van der Waals surface area contributed by atoms with Crippen LogP contribution in [0, 0.1) is 0 Å². The Labute approximate surface area is 755 Å². The average molecular weight is 1760 g/mol. The van der Waals surface area contributed by atoms with Crippen molar-refractivity contribution in [2.24, 2.45) is 0 Å². The molecule has 0 unspecified atom stereocenters. The van der Waals surface area contributed by atoms with Crippen molar-refractivity contribution in [3.63, 3.8) is 0 Å². The van der Waals surface area contributed by atoms with Crippen molar-refractivity contribution in [3.05, 3.63) is 347 Å². The summed E-state index contributed by atoms with van der Waals surface area (Å²) >= 11 is 7.20. The maximum absolute atomic E-state index is 3.86. The smallest absolute Gasteiger partial charge is 0.0541 e. The molecule has 2 N–H and O–H groups in total. The lowest BCUT2D eigenvalue weighted by atomic mass is 9.70. The number of hydrogen-bond donors (Lipinski definition) is 2. The summed E-state index contributed by atoms with van der Waals surface area (Å²) in [7, 11) is 0. The maximum atomic E-state index is 3.86. The number of rotatable bonds is 38. The Morgan fingerprint density at radius 2 is 0.468 bits per heavy atom. The van der Waals surface area contributed by atoms with E-state index in [1.54, 1.807) is 22.3 Å². The summed E-state index contributed by atoms with van der Waals surface area (Å²) in [5, 5.41) is 12.7. The van der Waals surface area contributed by atoms with E-state index >= 15 is 0 Å². The highest BCUT2D eigenvalue weighted by molar-refractivity contribution is 9.10. The monoisotopic (exact) mass is 1750 g/mol. The summed E-state index contributed by atoms with van der Waals surface area (Å²) in [6, 6.07) is 118. The molecule has 4 nitrogen and oxygen atoms in total.